The Morgan fingerprint density at radius 3 is 2.44 bits per heavy atom. The second-order valence-corrected chi connectivity index (χ2v) is 8.71. The summed E-state index contributed by atoms with van der Waals surface area (Å²) in [6, 6.07) is 11.5. The quantitative estimate of drug-likeness (QED) is 0.670. The van der Waals surface area contributed by atoms with Crippen molar-refractivity contribution in [3.05, 3.63) is 59.9 Å². The van der Waals surface area contributed by atoms with E-state index in [1.165, 1.54) is 25.3 Å². The number of benzene rings is 2. The number of aliphatic carboxylic acids is 1. The molecule has 2 N–H and O–H groups in total. The lowest BCUT2D eigenvalue weighted by Gasteiger charge is -2.32. The Hall–Kier alpha value is -3.26. The molecule has 2 heterocycles. The van der Waals surface area contributed by atoms with Crippen molar-refractivity contribution in [3.63, 3.8) is 0 Å². The predicted octanol–water partition coefficient (Wildman–Crippen LogP) is 3.15. The molecule has 32 heavy (non-hydrogen) atoms. The van der Waals surface area contributed by atoms with Crippen LogP contribution < -0.4 is 15.0 Å². The molecule has 2 fully saturated rings. The third kappa shape index (κ3) is 3.17. The molecule has 0 radical (unpaired) electrons. The molecule has 4 atom stereocenters. The number of ether oxygens (including phenoxy) is 1. The van der Waals surface area contributed by atoms with Gasteiger partial charge in [-0.1, -0.05) is 44.2 Å². The number of nitrogens with one attached hydrogen (secondary N) is 1. The molecule has 8 heteroatoms. The fourth-order valence-corrected chi connectivity index (χ4v) is 5.16. The van der Waals surface area contributed by atoms with Crippen molar-refractivity contribution in [1.29, 1.82) is 0 Å². The van der Waals surface area contributed by atoms with Gasteiger partial charge in [-0.3, -0.25) is 19.7 Å². The third-order valence-corrected chi connectivity index (χ3v) is 6.33. The van der Waals surface area contributed by atoms with E-state index < -0.39 is 47.0 Å². The number of fused-ring (bicyclic) bond motifs is 1. The zero-order valence-corrected chi connectivity index (χ0v) is 18.0. The standard InChI is InChI=1S/C24H25FN2O5/c1-13(2)12-24(23(30)31)19-18(20(26-24)14-8-4-5-9-15(14)25)21(28)27(22(19)29)16-10-6-7-11-17(16)32-3/h4-11,13,18-20,26H,12H2,1-3H3,(H,30,31). The second-order valence-electron chi connectivity index (χ2n) is 8.71. The Morgan fingerprint density at radius 2 is 1.81 bits per heavy atom. The first kappa shape index (κ1) is 22.0. The van der Waals surface area contributed by atoms with Gasteiger partial charge in [-0.2, -0.15) is 0 Å². The molecule has 0 aliphatic carbocycles. The van der Waals surface area contributed by atoms with E-state index in [1.54, 1.807) is 30.3 Å². The van der Waals surface area contributed by atoms with E-state index in [4.69, 9.17) is 4.74 Å². The lowest BCUT2D eigenvalue weighted by molar-refractivity contribution is -0.149. The Balaban J connectivity index is 1.91. The third-order valence-electron chi connectivity index (χ3n) is 6.33. The summed E-state index contributed by atoms with van der Waals surface area (Å²) in [5.74, 6) is -5.04. The SMILES string of the molecule is COc1ccccc1N1C(=O)C2C(c3ccccc3F)NC(CC(C)C)(C(=O)O)C2C1=O. The van der Waals surface area contributed by atoms with E-state index in [0.29, 0.717) is 5.75 Å². The van der Waals surface area contributed by atoms with Crippen LogP contribution in [0.2, 0.25) is 0 Å². The number of anilines is 1. The van der Waals surface area contributed by atoms with E-state index in [2.05, 4.69) is 5.32 Å². The van der Waals surface area contributed by atoms with Gasteiger partial charge in [0.25, 0.3) is 0 Å². The van der Waals surface area contributed by atoms with Gasteiger partial charge >= 0.3 is 5.97 Å². The first-order chi connectivity index (χ1) is 15.2. The molecular weight excluding hydrogens is 415 g/mol. The zero-order chi connectivity index (χ0) is 23.2. The smallest absolute Gasteiger partial charge is 0.324 e. The molecule has 2 saturated heterocycles. The summed E-state index contributed by atoms with van der Waals surface area (Å²) in [5, 5.41) is 13.3. The fourth-order valence-electron chi connectivity index (χ4n) is 5.16. The van der Waals surface area contributed by atoms with Gasteiger partial charge in [0, 0.05) is 11.6 Å². The van der Waals surface area contributed by atoms with Gasteiger partial charge in [0.05, 0.1) is 24.6 Å². The van der Waals surface area contributed by atoms with Gasteiger partial charge in [-0.25, -0.2) is 9.29 Å². The Morgan fingerprint density at radius 1 is 1.16 bits per heavy atom. The summed E-state index contributed by atoms with van der Waals surface area (Å²) < 4.78 is 20.1. The van der Waals surface area contributed by atoms with Crippen molar-refractivity contribution < 1.29 is 28.6 Å². The van der Waals surface area contributed by atoms with Gasteiger partial charge in [0.1, 0.15) is 17.1 Å². The highest BCUT2D eigenvalue weighted by molar-refractivity contribution is 6.24. The average molecular weight is 440 g/mol. The molecule has 4 unspecified atom stereocenters. The summed E-state index contributed by atoms with van der Waals surface area (Å²) in [7, 11) is 1.43. The number of halogens is 1. The van der Waals surface area contributed by atoms with Gasteiger partial charge in [0.2, 0.25) is 11.8 Å². The number of para-hydroxylation sites is 2. The normalized spacial score (nSPS) is 27.2. The van der Waals surface area contributed by atoms with Gasteiger partial charge in [-0.05, 0) is 30.5 Å². The highest BCUT2D eigenvalue weighted by Crippen LogP contribution is 2.52. The molecule has 0 saturated carbocycles. The summed E-state index contributed by atoms with van der Waals surface area (Å²) in [6.07, 6.45) is 0.104. The minimum absolute atomic E-state index is 0.0955. The number of hydrogen-bond donors (Lipinski definition) is 2. The largest absolute Gasteiger partial charge is 0.495 e. The van der Waals surface area contributed by atoms with Crippen LogP contribution in [0.4, 0.5) is 10.1 Å². The van der Waals surface area contributed by atoms with Crippen molar-refractivity contribution in [2.24, 2.45) is 17.8 Å². The Kier molecular flexibility index (Phi) is 5.50. The van der Waals surface area contributed by atoms with E-state index in [1.807, 2.05) is 13.8 Å². The maximum atomic E-state index is 14.8. The number of carbonyl (C=O) groups is 3. The second kappa shape index (κ2) is 8.02. The molecule has 0 spiro atoms. The molecule has 2 aliphatic rings. The van der Waals surface area contributed by atoms with Crippen molar-refractivity contribution >= 4 is 23.5 Å². The molecule has 2 aliphatic heterocycles. The summed E-state index contributed by atoms with van der Waals surface area (Å²) >= 11 is 0. The first-order valence-electron chi connectivity index (χ1n) is 10.5. The van der Waals surface area contributed by atoms with Crippen molar-refractivity contribution in [3.8, 4) is 5.75 Å². The maximum Gasteiger partial charge on any atom is 0.324 e. The van der Waals surface area contributed by atoms with Crippen LogP contribution in [0.3, 0.4) is 0 Å². The number of imide groups is 1. The number of carbonyl (C=O) groups excluding carboxylic acids is 2. The molecule has 4 rings (SSSR count). The molecule has 168 valence electrons. The summed E-state index contributed by atoms with van der Waals surface area (Å²) in [5.41, 5.74) is -1.30. The Bertz CT molecular complexity index is 1090. The highest BCUT2D eigenvalue weighted by Gasteiger charge is 2.69. The predicted molar refractivity (Wildman–Crippen MR) is 115 cm³/mol. The number of amides is 2. The van der Waals surface area contributed by atoms with Gasteiger partial charge in [0.15, 0.2) is 0 Å². The number of methoxy groups -OCH3 is 1. The van der Waals surface area contributed by atoms with Crippen LogP contribution >= 0.6 is 0 Å². The number of hydrogen-bond acceptors (Lipinski definition) is 5. The minimum Gasteiger partial charge on any atom is -0.495 e. The van der Waals surface area contributed by atoms with Crippen LogP contribution in [-0.4, -0.2) is 35.5 Å². The number of nitrogens with zero attached hydrogens (tertiary/aromatic N) is 1. The van der Waals surface area contributed by atoms with Crippen LogP contribution in [0.15, 0.2) is 48.5 Å². The van der Waals surface area contributed by atoms with E-state index in [0.717, 1.165) is 4.90 Å². The monoisotopic (exact) mass is 440 g/mol. The number of carboxylic acids is 1. The minimum atomic E-state index is -1.71. The summed E-state index contributed by atoms with van der Waals surface area (Å²) in [4.78, 5) is 41.0. The molecular formula is C24H25FN2O5. The number of carboxylic acid groups (broad SMARTS) is 1. The van der Waals surface area contributed by atoms with Crippen molar-refractivity contribution in [1.82, 2.24) is 5.32 Å². The molecule has 0 aromatic heterocycles. The molecule has 2 amide bonds. The molecule has 7 nitrogen and oxygen atoms in total. The lowest BCUT2D eigenvalue weighted by Crippen LogP contribution is -2.56. The fraction of sp³-hybridized carbons (Fsp3) is 0.375. The van der Waals surface area contributed by atoms with Gasteiger partial charge < -0.3 is 9.84 Å². The van der Waals surface area contributed by atoms with E-state index >= 15 is 0 Å². The van der Waals surface area contributed by atoms with Crippen molar-refractivity contribution in [2.75, 3.05) is 12.0 Å². The number of rotatable bonds is 6. The van der Waals surface area contributed by atoms with Crippen LogP contribution in [-0.2, 0) is 14.4 Å². The van der Waals surface area contributed by atoms with Crippen molar-refractivity contribution in [2.45, 2.75) is 31.8 Å². The van der Waals surface area contributed by atoms with E-state index in [-0.39, 0.29) is 23.6 Å². The van der Waals surface area contributed by atoms with Crippen LogP contribution in [0.25, 0.3) is 0 Å². The molecule has 2 aromatic rings. The van der Waals surface area contributed by atoms with Crippen LogP contribution in [0, 0.1) is 23.6 Å². The zero-order valence-electron chi connectivity index (χ0n) is 18.0. The maximum absolute atomic E-state index is 14.8. The molecule has 0 bridgehead atoms. The highest BCUT2D eigenvalue weighted by atomic mass is 19.1. The Labute approximate surface area is 185 Å². The van der Waals surface area contributed by atoms with E-state index in [9.17, 15) is 23.9 Å². The van der Waals surface area contributed by atoms with Gasteiger partial charge in [-0.15, -0.1) is 0 Å². The molecule has 2 aromatic carbocycles. The summed E-state index contributed by atoms with van der Waals surface area (Å²) in [6.45, 7) is 3.69. The average Bonchev–Trinajstić information content (AvgIpc) is 3.22. The van der Waals surface area contributed by atoms with Crippen LogP contribution in [0.5, 0.6) is 5.75 Å². The topological polar surface area (TPSA) is 95.9 Å². The lowest BCUT2D eigenvalue weighted by atomic mass is 9.75. The van der Waals surface area contributed by atoms with Crippen LogP contribution in [0.1, 0.15) is 31.9 Å². The first-order valence-corrected chi connectivity index (χ1v) is 10.5.